The first-order valence-corrected chi connectivity index (χ1v) is 5.30. The van der Waals surface area contributed by atoms with Crippen LogP contribution in [0.5, 0.6) is 0 Å². The maximum atomic E-state index is 8.62. The van der Waals surface area contributed by atoms with Crippen molar-refractivity contribution in [1.82, 2.24) is 0 Å². The predicted octanol–water partition coefficient (Wildman–Crippen LogP) is 3.25. The first-order valence-electron chi connectivity index (χ1n) is 4.32. The number of hydrogen-bond acceptors (Lipinski definition) is 2. The van der Waals surface area contributed by atoms with Gasteiger partial charge in [-0.05, 0) is 25.5 Å². The van der Waals surface area contributed by atoms with Gasteiger partial charge in [0.25, 0.3) is 0 Å². The minimum atomic E-state index is 0.129. The van der Waals surface area contributed by atoms with Crippen molar-refractivity contribution in [2.24, 2.45) is 5.92 Å². The van der Waals surface area contributed by atoms with Crippen LogP contribution in [0.2, 0.25) is 0 Å². The molecule has 0 bridgehead atoms. The summed E-state index contributed by atoms with van der Waals surface area (Å²) in [6.45, 7) is 4.05. The van der Waals surface area contributed by atoms with Gasteiger partial charge in [0.05, 0.1) is 12.0 Å². The Balaban J connectivity index is 2.56. The van der Waals surface area contributed by atoms with Gasteiger partial charge in [0.2, 0.25) is 0 Å². The second-order valence-electron chi connectivity index (χ2n) is 3.11. The molecule has 0 saturated heterocycles. The molecule has 1 aromatic carbocycles. The number of nitriles is 1. The topological polar surface area (TPSA) is 23.8 Å². The molecule has 0 fully saturated rings. The number of thioether (sulfide) groups is 1. The van der Waals surface area contributed by atoms with Crippen molar-refractivity contribution < 1.29 is 0 Å². The lowest BCUT2D eigenvalue weighted by Gasteiger charge is -2.05. The van der Waals surface area contributed by atoms with E-state index in [9.17, 15) is 0 Å². The largest absolute Gasteiger partial charge is 0.198 e. The Morgan fingerprint density at radius 3 is 2.77 bits per heavy atom. The van der Waals surface area contributed by atoms with Crippen LogP contribution in [-0.2, 0) is 0 Å². The van der Waals surface area contributed by atoms with E-state index in [2.05, 4.69) is 25.1 Å². The van der Waals surface area contributed by atoms with Crippen LogP contribution < -0.4 is 0 Å². The molecule has 68 valence electrons. The molecular weight excluding hydrogens is 178 g/mol. The van der Waals surface area contributed by atoms with Crippen LogP contribution in [0, 0.1) is 24.2 Å². The van der Waals surface area contributed by atoms with E-state index < -0.39 is 0 Å². The number of benzene rings is 1. The third kappa shape index (κ3) is 3.12. The van der Waals surface area contributed by atoms with Crippen LogP contribution in [-0.4, -0.2) is 5.75 Å². The Labute approximate surface area is 83.8 Å². The van der Waals surface area contributed by atoms with Crippen molar-refractivity contribution in [2.45, 2.75) is 18.7 Å². The van der Waals surface area contributed by atoms with E-state index in [0.717, 1.165) is 5.75 Å². The molecule has 0 aliphatic carbocycles. The molecule has 1 atom stereocenters. The number of hydrogen-bond donors (Lipinski definition) is 0. The molecule has 1 rings (SSSR count). The summed E-state index contributed by atoms with van der Waals surface area (Å²) < 4.78 is 0. The third-order valence-corrected chi connectivity index (χ3v) is 3.24. The summed E-state index contributed by atoms with van der Waals surface area (Å²) in [5, 5.41) is 8.62. The van der Waals surface area contributed by atoms with Gasteiger partial charge in [0.1, 0.15) is 0 Å². The van der Waals surface area contributed by atoms with E-state index in [-0.39, 0.29) is 5.92 Å². The van der Waals surface area contributed by atoms with Crippen LogP contribution in [0.4, 0.5) is 0 Å². The Bertz CT molecular complexity index is 314. The summed E-state index contributed by atoms with van der Waals surface area (Å²) >= 11 is 1.76. The molecule has 2 heteroatoms. The van der Waals surface area contributed by atoms with Crippen LogP contribution in [0.3, 0.4) is 0 Å². The quantitative estimate of drug-likeness (QED) is 0.685. The van der Waals surface area contributed by atoms with Crippen molar-refractivity contribution in [2.75, 3.05) is 5.75 Å². The first-order chi connectivity index (χ1) is 6.24. The zero-order valence-corrected chi connectivity index (χ0v) is 8.77. The Kier molecular flexibility index (Phi) is 3.85. The van der Waals surface area contributed by atoms with Gasteiger partial charge in [-0.15, -0.1) is 11.8 Å². The van der Waals surface area contributed by atoms with Crippen molar-refractivity contribution >= 4 is 11.8 Å². The highest BCUT2D eigenvalue weighted by atomic mass is 32.2. The fourth-order valence-electron chi connectivity index (χ4n) is 0.970. The molecular formula is C11H13NS. The number of rotatable bonds is 3. The van der Waals surface area contributed by atoms with Gasteiger partial charge in [-0.1, -0.05) is 18.2 Å². The molecule has 0 aliphatic rings. The minimum Gasteiger partial charge on any atom is -0.198 e. The highest BCUT2D eigenvalue weighted by Crippen LogP contribution is 2.23. The fourth-order valence-corrected chi connectivity index (χ4v) is 1.95. The van der Waals surface area contributed by atoms with Crippen molar-refractivity contribution in [1.29, 1.82) is 5.26 Å². The van der Waals surface area contributed by atoms with Crippen molar-refractivity contribution in [3.63, 3.8) is 0 Å². The average molecular weight is 191 g/mol. The average Bonchev–Trinajstić information content (AvgIpc) is 2.16. The summed E-state index contributed by atoms with van der Waals surface area (Å²) in [6.07, 6.45) is 0. The van der Waals surface area contributed by atoms with Gasteiger partial charge in [-0.25, -0.2) is 0 Å². The number of nitrogens with zero attached hydrogens (tertiary/aromatic N) is 1. The smallest absolute Gasteiger partial charge is 0.0661 e. The summed E-state index contributed by atoms with van der Waals surface area (Å²) in [6, 6.07) is 10.5. The third-order valence-electron chi connectivity index (χ3n) is 1.80. The normalized spacial score (nSPS) is 12.1. The lowest BCUT2D eigenvalue weighted by atomic mass is 10.2. The molecule has 0 aliphatic heterocycles. The van der Waals surface area contributed by atoms with Gasteiger partial charge in [-0.2, -0.15) is 5.26 Å². The zero-order chi connectivity index (χ0) is 9.68. The maximum Gasteiger partial charge on any atom is 0.0661 e. The summed E-state index contributed by atoms with van der Waals surface area (Å²) in [5.74, 6) is 1.01. The van der Waals surface area contributed by atoms with Gasteiger partial charge in [0, 0.05) is 10.6 Å². The molecule has 0 spiro atoms. The van der Waals surface area contributed by atoms with Gasteiger partial charge < -0.3 is 0 Å². The van der Waals surface area contributed by atoms with E-state index in [1.807, 2.05) is 19.1 Å². The molecule has 0 heterocycles. The lowest BCUT2D eigenvalue weighted by Crippen LogP contribution is -1.93. The molecule has 13 heavy (non-hydrogen) atoms. The monoisotopic (exact) mass is 191 g/mol. The molecule has 0 amide bonds. The molecule has 1 unspecified atom stereocenters. The second kappa shape index (κ2) is 4.94. The first kappa shape index (κ1) is 10.1. The minimum absolute atomic E-state index is 0.129. The summed E-state index contributed by atoms with van der Waals surface area (Å²) in [5.41, 5.74) is 1.29. The summed E-state index contributed by atoms with van der Waals surface area (Å²) in [4.78, 5) is 1.28. The van der Waals surface area contributed by atoms with Gasteiger partial charge in [-0.3, -0.25) is 0 Å². The van der Waals surface area contributed by atoms with E-state index in [4.69, 9.17) is 5.26 Å². The van der Waals surface area contributed by atoms with Crippen LogP contribution in [0.25, 0.3) is 0 Å². The van der Waals surface area contributed by atoms with E-state index in [1.54, 1.807) is 11.8 Å². The fraction of sp³-hybridized carbons (Fsp3) is 0.364. The number of aryl methyl sites for hydroxylation is 1. The summed E-state index contributed by atoms with van der Waals surface area (Å²) in [7, 11) is 0. The van der Waals surface area contributed by atoms with Gasteiger partial charge >= 0.3 is 0 Å². The second-order valence-corrected chi connectivity index (χ2v) is 4.17. The Morgan fingerprint density at radius 2 is 2.15 bits per heavy atom. The van der Waals surface area contributed by atoms with Crippen LogP contribution in [0.15, 0.2) is 29.2 Å². The highest BCUT2D eigenvalue weighted by Gasteiger charge is 2.02. The maximum absolute atomic E-state index is 8.62. The molecule has 0 N–H and O–H groups in total. The molecule has 0 radical (unpaired) electrons. The molecule has 1 aromatic rings. The van der Waals surface area contributed by atoms with Gasteiger partial charge in [0.15, 0.2) is 0 Å². The highest BCUT2D eigenvalue weighted by molar-refractivity contribution is 7.99. The predicted molar refractivity (Wildman–Crippen MR) is 56.7 cm³/mol. The van der Waals surface area contributed by atoms with Crippen molar-refractivity contribution in [3.05, 3.63) is 29.8 Å². The molecule has 0 saturated carbocycles. The van der Waals surface area contributed by atoms with Crippen LogP contribution in [0.1, 0.15) is 12.5 Å². The molecule has 1 nitrogen and oxygen atoms in total. The van der Waals surface area contributed by atoms with E-state index in [0.29, 0.717) is 0 Å². The lowest BCUT2D eigenvalue weighted by molar-refractivity contribution is 0.863. The zero-order valence-electron chi connectivity index (χ0n) is 7.95. The molecule has 0 aromatic heterocycles. The SMILES string of the molecule is Cc1ccccc1SCC(C)C#N. The Morgan fingerprint density at radius 1 is 1.46 bits per heavy atom. The van der Waals surface area contributed by atoms with E-state index >= 15 is 0 Å². The van der Waals surface area contributed by atoms with Crippen molar-refractivity contribution in [3.8, 4) is 6.07 Å². The Hall–Kier alpha value is -0.940. The van der Waals surface area contributed by atoms with Crippen LogP contribution >= 0.6 is 11.8 Å². The standard InChI is InChI=1S/C11H13NS/c1-9(7-12)8-13-11-6-4-3-5-10(11)2/h3-6,9H,8H2,1-2H3. The van der Waals surface area contributed by atoms with E-state index in [1.165, 1.54) is 10.5 Å².